The molecule has 0 saturated carbocycles. The number of hydrogen-bond acceptors (Lipinski definition) is 5. The van der Waals surface area contributed by atoms with Crippen molar-refractivity contribution in [2.75, 3.05) is 32.7 Å². The maximum absolute atomic E-state index is 12.5. The Balaban J connectivity index is 1.50. The first-order valence-corrected chi connectivity index (χ1v) is 9.45. The lowest BCUT2D eigenvalue weighted by molar-refractivity contribution is -0.120. The van der Waals surface area contributed by atoms with Gasteiger partial charge in [0.15, 0.2) is 0 Å². The van der Waals surface area contributed by atoms with Crippen molar-refractivity contribution in [1.29, 1.82) is 0 Å². The number of aliphatic hydroxyl groups is 1. The monoisotopic (exact) mass is 363 g/mol. The number of aromatic amines is 1. The van der Waals surface area contributed by atoms with E-state index in [0.29, 0.717) is 38.2 Å². The van der Waals surface area contributed by atoms with Crippen molar-refractivity contribution < 1.29 is 14.7 Å². The van der Waals surface area contributed by atoms with E-state index < -0.39 is 5.60 Å². The highest BCUT2D eigenvalue weighted by molar-refractivity contribution is 5.92. The molecule has 2 fully saturated rings. The molecule has 144 valence electrons. The van der Waals surface area contributed by atoms with E-state index >= 15 is 0 Å². The fraction of sp³-hybridized carbons (Fsp3) is 0.722. The topological polar surface area (TPSA) is 102 Å². The van der Waals surface area contributed by atoms with Crippen molar-refractivity contribution in [3.05, 3.63) is 18.2 Å². The number of nitrogens with one attached hydrogen (secondary N) is 2. The Hall–Kier alpha value is -1.93. The lowest BCUT2D eigenvalue weighted by Crippen LogP contribution is -2.50. The minimum absolute atomic E-state index is 0.0212. The average Bonchev–Trinajstić information content (AvgIpc) is 3.06. The third-order valence-corrected chi connectivity index (χ3v) is 5.45. The molecule has 2 amide bonds. The number of nitrogens with zero attached hydrogens (tertiary/aromatic N) is 3. The molecule has 2 aliphatic heterocycles. The number of β-amino-alcohol motifs (C(OH)–C–C–N with tert-alkyl or cyclic N) is 1. The maximum atomic E-state index is 12.5. The summed E-state index contributed by atoms with van der Waals surface area (Å²) in [5, 5.41) is 14.1. The van der Waals surface area contributed by atoms with E-state index in [2.05, 4.69) is 20.2 Å². The van der Waals surface area contributed by atoms with Crippen LogP contribution < -0.4 is 5.32 Å². The molecule has 1 aromatic rings. The fourth-order valence-electron chi connectivity index (χ4n) is 4.02. The second-order valence-electron chi connectivity index (χ2n) is 7.59. The van der Waals surface area contributed by atoms with Crippen LogP contribution in [0, 0.1) is 0 Å². The van der Waals surface area contributed by atoms with Crippen molar-refractivity contribution >= 4 is 11.8 Å². The second-order valence-corrected chi connectivity index (χ2v) is 7.59. The zero-order chi connectivity index (χ0) is 18.6. The zero-order valence-corrected chi connectivity index (χ0v) is 15.4. The van der Waals surface area contributed by atoms with Gasteiger partial charge in [0.1, 0.15) is 5.69 Å². The molecule has 8 nitrogen and oxygen atoms in total. The zero-order valence-electron chi connectivity index (χ0n) is 15.4. The Kier molecular flexibility index (Phi) is 5.93. The highest BCUT2D eigenvalue weighted by Crippen LogP contribution is 2.25. The summed E-state index contributed by atoms with van der Waals surface area (Å²) in [6, 6.07) is 0.245. The molecule has 2 saturated heterocycles. The Morgan fingerprint density at radius 2 is 2.08 bits per heavy atom. The van der Waals surface area contributed by atoms with E-state index in [1.165, 1.54) is 6.33 Å². The quantitative estimate of drug-likeness (QED) is 0.717. The van der Waals surface area contributed by atoms with E-state index in [-0.39, 0.29) is 17.9 Å². The number of piperidine rings is 1. The van der Waals surface area contributed by atoms with E-state index in [1.807, 2.05) is 0 Å². The van der Waals surface area contributed by atoms with Crippen LogP contribution in [-0.4, -0.2) is 81.1 Å². The largest absolute Gasteiger partial charge is 0.388 e. The third-order valence-electron chi connectivity index (χ3n) is 5.45. The van der Waals surface area contributed by atoms with E-state index in [1.54, 1.807) is 18.0 Å². The third kappa shape index (κ3) is 4.82. The predicted molar refractivity (Wildman–Crippen MR) is 96.6 cm³/mol. The molecule has 0 aliphatic carbocycles. The summed E-state index contributed by atoms with van der Waals surface area (Å²) in [6.45, 7) is 5.15. The number of hydrogen-bond donors (Lipinski definition) is 3. The van der Waals surface area contributed by atoms with Crippen LogP contribution in [0.25, 0.3) is 0 Å². The van der Waals surface area contributed by atoms with Gasteiger partial charge in [-0.2, -0.15) is 0 Å². The Labute approximate surface area is 154 Å². The van der Waals surface area contributed by atoms with Crippen molar-refractivity contribution in [3.8, 4) is 0 Å². The fourth-order valence-corrected chi connectivity index (χ4v) is 4.02. The number of H-pyrrole nitrogens is 1. The molecular formula is C18H29N5O3. The van der Waals surface area contributed by atoms with Gasteiger partial charge in [-0.15, -0.1) is 0 Å². The first-order chi connectivity index (χ1) is 12.5. The highest BCUT2D eigenvalue weighted by Gasteiger charge is 2.34. The van der Waals surface area contributed by atoms with Gasteiger partial charge in [0.2, 0.25) is 5.91 Å². The molecular weight excluding hydrogens is 334 g/mol. The SMILES string of the molecule is CC(=O)NC1CCN(C[C@]2(O)CCCN(C(=O)c3cnc[nH]3)CC2)CC1. The van der Waals surface area contributed by atoms with E-state index in [4.69, 9.17) is 0 Å². The second kappa shape index (κ2) is 8.18. The number of imidazole rings is 1. The summed E-state index contributed by atoms with van der Waals surface area (Å²) >= 11 is 0. The van der Waals surface area contributed by atoms with Gasteiger partial charge < -0.3 is 25.2 Å². The van der Waals surface area contributed by atoms with Gasteiger partial charge in [0.25, 0.3) is 5.91 Å². The standard InChI is InChI=1S/C18H29N5O3/c1-14(24)21-15-3-8-22(9-4-15)12-18(26)5-2-7-23(10-6-18)17(25)16-11-19-13-20-16/h11,13,15,26H,2-10,12H2,1H3,(H,19,20)(H,21,24)/t18-/m0/s1. The normalized spacial score (nSPS) is 25.7. The molecule has 3 N–H and O–H groups in total. The molecule has 0 spiro atoms. The van der Waals surface area contributed by atoms with Gasteiger partial charge in [0, 0.05) is 45.7 Å². The number of likely N-dealkylation sites (tertiary alicyclic amines) is 2. The van der Waals surface area contributed by atoms with Crippen molar-refractivity contribution in [2.45, 2.75) is 50.7 Å². The summed E-state index contributed by atoms with van der Waals surface area (Å²) in [5.41, 5.74) is -0.264. The van der Waals surface area contributed by atoms with Crippen LogP contribution >= 0.6 is 0 Å². The summed E-state index contributed by atoms with van der Waals surface area (Å²) < 4.78 is 0. The first-order valence-electron chi connectivity index (χ1n) is 9.45. The van der Waals surface area contributed by atoms with Crippen LogP contribution in [-0.2, 0) is 4.79 Å². The summed E-state index contributed by atoms with van der Waals surface area (Å²) in [6.07, 6.45) is 6.95. The summed E-state index contributed by atoms with van der Waals surface area (Å²) in [5.74, 6) is -0.0317. The summed E-state index contributed by atoms with van der Waals surface area (Å²) in [4.78, 5) is 34.5. The Bertz CT molecular complexity index is 612. The first kappa shape index (κ1) is 18.8. The summed E-state index contributed by atoms with van der Waals surface area (Å²) in [7, 11) is 0. The average molecular weight is 363 g/mol. The highest BCUT2D eigenvalue weighted by atomic mass is 16.3. The molecule has 1 atom stereocenters. The minimum atomic E-state index is -0.760. The molecule has 8 heteroatoms. The van der Waals surface area contributed by atoms with Crippen LogP contribution in [0.15, 0.2) is 12.5 Å². The Morgan fingerprint density at radius 1 is 1.31 bits per heavy atom. The number of aromatic nitrogens is 2. The van der Waals surface area contributed by atoms with Crippen molar-refractivity contribution in [2.24, 2.45) is 0 Å². The van der Waals surface area contributed by atoms with Crippen LogP contribution in [0.5, 0.6) is 0 Å². The number of rotatable bonds is 4. The number of carbonyl (C=O) groups is 2. The molecule has 0 bridgehead atoms. The van der Waals surface area contributed by atoms with Crippen LogP contribution in [0.1, 0.15) is 49.5 Å². The molecule has 0 unspecified atom stereocenters. The van der Waals surface area contributed by atoms with Gasteiger partial charge in [-0.1, -0.05) is 0 Å². The Morgan fingerprint density at radius 3 is 2.73 bits per heavy atom. The maximum Gasteiger partial charge on any atom is 0.271 e. The molecule has 0 radical (unpaired) electrons. The van der Waals surface area contributed by atoms with E-state index in [9.17, 15) is 14.7 Å². The molecule has 0 aromatic carbocycles. The van der Waals surface area contributed by atoms with Gasteiger partial charge >= 0.3 is 0 Å². The van der Waals surface area contributed by atoms with Gasteiger partial charge in [-0.25, -0.2) is 4.98 Å². The van der Waals surface area contributed by atoms with Crippen molar-refractivity contribution in [1.82, 2.24) is 25.1 Å². The lowest BCUT2D eigenvalue weighted by atomic mass is 9.93. The molecule has 3 rings (SSSR count). The van der Waals surface area contributed by atoms with Crippen LogP contribution in [0.3, 0.4) is 0 Å². The number of carbonyl (C=O) groups excluding carboxylic acids is 2. The molecule has 3 heterocycles. The van der Waals surface area contributed by atoms with Gasteiger partial charge in [0.05, 0.1) is 18.1 Å². The smallest absolute Gasteiger partial charge is 0.271 e. The minimum Gasteiger partial charge on any atom is -0.388 e. The van der Waals surface area contributed by atoms with Crippen molar-refractivity contribution in [3.63, 3.8) is 0 Å². The van der Waals surface area contributed by atoms with Gasteiger partial charge in [-0.05, 0) is 32.1 Å². The lowest BCUT2D eigenvalue weighted by Gasteiger charge is -2.38. The van der Waals surface area contributed by atoms with Crippen LogP contribution in [0.4, 0.5) is 0 Å². The van der Waals surface area contributed by atoms with Crippen LogP contribution in [0.2, 0.25) is 0 Å². The van der Waals surface area contributed by atoms with E-state index in [0.717, 1.165) is 32.4 Å². The number of amides is 2. The molecule has 2 aliphatic rings. The molecule has 1 aromatic heterocycles. The molecule has 26 heavy (non-hydrogen) atoms. The van der Waals surface area contributed by atoms with Gasteiger partial charge in [-0.3, -0.25) is 9.59 Å². The predicted octanol–water partition coefficient (Wildman–Crippen LogP) is 0.367.